The molecule has 4 atom stereocenters. The summed E-state index contributed by atoms with van der Waals surface area (Å²) in [5.74, 6) is -0.894. The molecule has 2 aromatic heterocycles. The van der Waals surface area contributed by atoms with Crippen molar-refractivity contribution < 1.29 is 18.4 Å². The van der Waals surface area contributed by atoms with Crippen LogP contribution in [0.4, 0.5) is 14.5 Å². The fourth-order valence-electron chi connectivity index (χ4n) is 6.70. The number of nitrogens with one attached hydrogen (secondary N) is 1. The summed E-state index contributed by atoms with van der Waals surface area (Å²) in [6.07, 6.45) is 2.37. The first-order valence-corrected chi connectivity index (χ1v) is 12.7. The van der Waals surface area contributed by atoms with E-state index in [1.807, 2.05) is 13.0 Å². The normalized spacial score (nSPS) is 24.5. The molecule has 2 bridgehead atoms. The van der Waals surface area contributed by atoms with E-state index in [9.17, 15) is 14.0 Å². The van der Waals surface area contributed by atoms with Crippen molar-refractivity contribution in [1.29, 1.82) is 0 Å². The topological polar surface area (TPSA) is 98.2 Å². The summed E-state index contributed by atoms with van der Waals surface area (Å²) >= 11 is 0. The SMILES string of the molecule is CCC1C(=O)Nc2c(F)ccc3cc(-c4nc5cc(C(=O)N6C[C@H]7CC[C@@H]6[C@@H]7N)cc(F)c5n4C)n1c23. The van der Waals surface area contributed by atoms with E-state index in [1.54, 1.807) is 33.2 Å². The molecule has 1 unspecified atom stereocenters. The molecule has 1 saturated carbocycles. The lowest BCUT2D eigenvalue weighted by atomic mass is 10.1. The van der Waals surface area contributed by atoms with E-state index >= 15 is 4.39 Å². The molecule has 8 nitrogen and oxygen atoms in total. The molecule has 2 aliphatic heterocycles. The highest BCUT2D eigenvalue weighted by molar-refractivity contribution is 6.08. The molecule has 2 fully saturated rings. The number of aryl methyl sites for hydroxylation is 1. The van der Waals surface area contributed by atoms with E-state index in [-0.39, 0.29) is 40.7 Å². The van der Waals surface area contributed by atoms with Gasteiger partial charge in [-0.05, 0) is 55.5 Å². The molecule has 3 N–H and O–H groups in total. The Morgan fingerprint density at radius 1 is 1.16 bits per heavy atom. The van der Waals surface area contributed by atoms with Crippen LogP contribution in [0.1, 0.15) is 42.6 Å². The van der Waals surface area contributed by atoms with Crippen molar-refractivity contribution >= 4 is 39.4 Å². The number of imidazole rings is 1. The van der Waals surface area contributed by atoms with E-state index < -0.39 is 17.7 Å². The number of hydrogen-bond acceptors (Lipinski definition) is 4. The van der Waals surface area contributed by atoms with Crippen LogP contribution in [0.5, 0.6) is 0 Å². The number of anilines is 1. The maximum atomic E-state index is 15.5. The zero-order chi connectivity index (χ0) is 25.7. The number of nitrogens with zero attached hydrogens (tertiary/aromatic N) is 4. The Morgan fingerprint density at radius 3 is 2.68 bits per heavy atom. The number of amides is 2. The zero-order valence-corrected chi connectivity index (χ0v) is 20.5. The van der Waals surface area contributed by atoms with Gasteiger partial charge in [-0.3, -0.25) is 9.59 Å². The molecule has 0 radical (unpaired) electrons. The van der Waals surface area contributed by atoms with Crippen LogP contribution < -0.4 is 11.1 Å². The second-order valence-electron chi connectivity index (χ2n) is 10.4. The molecule has 2 aromatic carbocycles. The van der Waals surface area contributed by atoms with Crippen molar-refractivity contribution in [3.8, 4) is 11.5 Å². The standard InChI is InChI=1S/C27H26F2N6O2/c1-3-18-26(36)32-22-15(28)6-4-12-10-20(35(18)23(12)22)25-31-17-9-14(8-16(29)24(17)33(25)2)27(37)34-11-13-5-7-19(34)21(13)30/h4,6,8-10,13,18-19,21H,3,5,7,11,30H2,1-2H3,(H,32,36)/t13-,18?,19-,21-/m1/s1. The van der Waals surface area contributed by atoms with Crippen molar-refractivity contribution in [2.24, 2.45) is 18.7 Å². The summed E-state index contributed by atoms with van der Waals surface area (Å²) in [6, 6.07) is 7.10. The lowest BCUT2D eigenvalue weighted by molar-refractivity contribution is -0.119. The lowest BCUT2D eigenvalue weighted by Gasteiger charge is -2.27. The van der Waals surface area contributed by atoms with Gasteiger partial charge in [0.2, 0.25) is 5.91 Å². The number of likely N-dealkylation sites (tertiary alicyclic amines) is 1. The second kappa shape index (κ2) is 7.61. The zero-order valence-electron chi connectivity index (χ0n) is 20.5. The van der Waals surface area contributed by atoms with Gasteiger partial charge in [0.05, 0.1) is 16.7 Å². The molecule has 3 aliphatic rings. The fourth-order valence-corrected chi connectivity index (χ4v) is 6.70. The molecule has 1 saturated heterocycles. The van der Waals surface area contributed by atoms with Gasteiger partial charge in [-0.1, -0.05) is 6.92 Å². The summed E-state index contributed by atoms with van der Waals surface area (Å²) in [5, 5.41) is 3.44. The van der Waals surface area contributed by atoms with Gasteiger partial charge in [-0.2, -0.15) is 0 Å². The number of carbonyl (C=O) groups is 2. The number of hydrogen-bond donors (Lipinski definition) is 2. The van der Waals surface area contributed by atoms with Crippen molar-refractivity contribution in [2.45, 2.75) is 44.3 Å². The molecular weight excluding hydrogens is 478 g/mol. The maximum Gasteiger partial charge on any atom is 0.254 e. The molecule has 37 heavy (non-hydrogen) atoms. The predicted octanol–water partition coefficient (Wildman–Crippen LogP) is 3.94. The van der Waals surface area contributed by atoms with Gasteiger partial charge in [0, 0.05) is 36.6 Å². The summed E-state index contributed by atoms with van der Waals surface area (Å²) in [4.78, 5) is 32.7. The minimum absolute atomic E-state index is 0.0106. The minimum atomic E-state index is -0.571. The van der Waals surface area contributed by atoms with Crippen molar-refractivity contribution in [2.75, 3.05) is 11.9 Å². The van der Waals surface area contributed by atoms with Gasteiger partial charge in [0.25, 0.3) is 5.91 Å². The summed E-state index contributed by atoms with van der Waals surface area (Å²) < 4.78 is 33.5. The third-order valence-electron chi connectivity index (χ3n) is 8.51. The van der Waals surface area contributed by atoms with Gasteiger partial charge < -0.3 is 25.1 Å². The van der Waals surface area contributed by atoms with Gasteiger partial charge >= 0.3 is 0 Å². The molecule has 2 amide bonds. The number of piperidine rings is 1. The van der Waals surface area contributed by atoms with E-state index in [2.05, 4.69) is 5.32 Å². The second-order valence-corrected chi connectivity index (χ2v) is 10.4. The Labute approximate surface area is 211 Å². The Kier molecular flexibility index (Phi) is 4.61. The molecule has 4 aromatic rings. The van der Waals surface area contributed by atoms with Gasteiger partial charge in [0.1, 0.15) is 28.9 Å². The first-order valence-electron chi connectivity index (χ1n) is 12.7. The van der Waals surface area contributed by atoms with Crippen molar-refractivity contribution in [3.05, 3.63) is 47.5 Å². The Morgan fingerprint density at radius 2 is 1.97 bits per heavy atom. The molecule has 7 rings (SSSR count). The van der Waals surface area contributed by atoms with Crippen LogP contribution in [0.2, 0.25) is 0 Å². The highest BCUT2D eigenvalue weighted by Gasteiger charge is 2.47. The largest absolute Gasteiger partial charge is 0.334 e. The van der Waals surface area contributed by atoms with Crippen LogP contribution in [0.15, 0.2) is 30.3 Å². The van der Waals surface area contributed by atoms with E-state index in [1.165, 1.54) is 12.1 Å². The maximum absolute atomic E-state index is 15.5. The lowest BCUT2D eigenvalue weighted by Crippen LogP contribution is -2.41. The van der Waals surface area contributed by atoms with E-state index in [0.29, 0.717) is 41.4 Å². The van der Waals surface area contributed by atoms with Crippen LogP contribution in [-0.4, -0.2) is 49.5 Å². The highest BCUT2D eigenvalue weighted by atomic mass is 19.1. The molecular formula is C27H26F2N6O2. The number of rotatable bonds is 3. The molecule has 4 heterocycles. The molecule has 190 valence electrons. The quantitative estimate of drug-likeness (QED) is 0.442. The van der Waals surface area contributed by atoms with Gasteiger partial charge in [-0.15, -0.1) is 0 Å². The van der Waals surface area contributed by atoms with Gasteiger partial charge in [-0.25, -0.2) is 13.8 Å². The molecule has 1 aliphatic carbocycles. The van der Waals surface area contributed by atoms with Crippen LogP contribution in [0.25, 0.3) is 33.5 Å². The van der Waals surface area contributed by atoms with Crippen molar-refractivity contribution in [1.82, 2.24) is 19.0 Å². The molecule has 0 spiro atoms. The number of halogens is 2. The highest BCUT2D eigenvalue weighted by Crippen LogP contribution is 2.42. The Balaban J connectivity index is 1.38. The van der Waals surface area contributed by atoms with Crippen LogP contribution >= 0.6 is 0 Å². The summed E-state index contributed by atoms with van der Waals surface area (Å²) in [6.45, 7) is 2.48. The molecule has 10 heteroatoms. The third-order valence-corrected chi connectivity index (χ3v) is 8.51. The number of benzene rings is 2. The first kappa shape index (κ1) is 22.4. The summed E-state index contributed by atoms with van der Waals surface area (Å²) in [7, 11) is 1.70. The van der Waals surface area contributed by atoms with Gasteiger partial charge in [0.15, 0.2) is 5.82 Å². The number of aromatic nitrogens is 3. The van der Waals surface area contributed by atoms with Crippen LogP contribution in [0.3, 0.4) is 0 Å². The van der Waals surface area contributed by atoms with Crippen LogP contribution in [-0.2, 0) is 11.8 Å². The summed E-state index contributed by atoms with van der Waals surface area (Å²) in [5.41, 5.74) is 8.40. The average Bonchev–Trinajstić information content (AvgIpc) is 3.61. The monoisotopic (exact) mass is 504 g/mol. The number of carbonyl (C=O) groups excluding carboxylic acids is 2. The third kappa shape index (κ3) is 2.93. The first-order chi connectivity index (χ1) is 17.8. The Hall–Kier alpha value is -3.79. The van der Waals surface area contributed by atoms with Crippen molar-refractivity contribution in [3.63, 3.8) is 0 Å². The van der Waals surface area contributed by atoms with E-state index in [4.69, 9.17) is 10.7 Å². The number of fused-ring (bicyclic) bond motifs is 3. The average molecular weight is 505 g/mol. The van der Waals surface area contributed by atoms with E-state index in [0.717, 1.165) is 18.2 Å². The smallest absolute Gasteiger partial charge is 0.254 e. The fraction of sp³-hybridized carbons (Fsp3) is 0.370. The predicted molar refractivity (Wildman–Crippen MR) is 135 cm³/mol. The Bertz CT molecular complexity index is 1660. The number of nitrogens with two attached hydrogens (primary N) is 1. The minimum Gasteiger partial charge on any atom is -0.334 e. The van der Waals surface area contributed by atoms with Crippen LogP contribution in [0, 0.1) is 17.6 Å².